The molecule has 2 heterocycles. The van der Waals surface area contributed by atoms with Crippen LogP contribution in [0.4, 0.5) is 18.9 Å². The Morgan fingerprint density at radius 3 is 2.67 bits per heavy atom. The monoisotopic (exact) mass is 461 g/mol. The van der Waals surface area contributed by atoms with Gasteiger partial charge < -0.3 is 10.6 Å². The first-order valence-corrected chi connectivity index (χ1v) is 11.8. The number of carbonyl (C=O) groups excluding carboxylic acids is 1. The summed E-state index contributed by atoms with van der Waals surface area (Å²) in [4.78, 5) is 14.2. The lowest BCUT2D eigenvalue weighted by atomic mass is 10.0. The Morgan fingerprint density at radius 1 is 1.15 bits per heavy atom. The van der Waals surface area contributed by atoms with Gasteiger partial charge in [0.25, 0.3) is 5.91 Å². The first kappa shape index (κ1) is 22.4. The summed E-state index contributed by atoms with van der Waals surface area (Å²) in [5.41, 5.74) is 2.45. The number of piperidine rings is 1. The summed E-state index contributed by atoms with van der Waals surface area (Å²) in [5, 5.41) is 10.9. The minimum Gasteiger partial charge on any atom is -0.319 e. The Morgan fingerprint density at radius 2 is 1.94 bits per heavy atom. The Balaban J connectivity index is 1.10. The molecule has 0 unspecified atom stereocenters. The van der Waals surface area contributed by atoms with Crippen LogP contribution in [0, 0.1) is 5.92 Å². The van der Waals surface area contributed by atoms with E-state index in [1.807, 2.05) is 35.1 Å². The fourth-order valence-electron chi connectivity index (χ4n) is 4.77. The van der Waals surface area contributed by atoms with Gasteiger partial charge in [-0.25, -0.2) is 0 Å². The smallest absolute Gasteiger partial charge is 0.319 e. The number of nitrogens with one attached hydrogen (secondary N) is 2. The van der Waals surface area contributed by atoms with E-state index in [4.69, 9.17) is 0 Å². The summed E-state index contributed by atoms with van der Waals surface area (Å²) >= 11 is 0. The van der Waals surface area contributed by atoms with E-state index in [2.05, 4.69) is 15.7 Å². The topological polar surface area (TPSA) is 62.2 Å². The summed E-state index contributed by atoms with van der Waals surface area (Å²) in [6.45, 7) is 1.04. The SMILES string of the molecule is O=C(Nc1cnn(CC2CC2)c1)c1cccc([C@@H]2C[C@H]2NC2CCN(CC(F)(F)F)CC2)c1. The fourth-order valence-corrected chi connectivity index (χ4v) is 4.77. The highest BCUT2D eigenvalue weighted by Crippen LogP contribution is 2.42. The van der Waals surface area contributed by atoms with Crippen molar-refractivity contribution in [2.24, 2.45) is 5.92 Å². The maximum absolute atomic E-state index is 12.7. The van der Waals surface area contributed by atoms with Crippen LogP contribution in [0.5, 0.6) is 0 Å². The van der Waals surface area contributed by atoms with E-state index in [0.29, 0.717) is 36.3 Å². The molecule has 0 spiro atoms. The number of likely N-dealkylation sites (tertiary alicyclic amines) is 1. The van der Waals surface area contributed by atoms with Gasteiger partial charge in [-0.1, -0.05) is 12.1 Å². The number of benzene rings is 1. The molecule has 6 nitrogen and oxygen atoms in total. The maximum Gasteiger partial charge on any atom is 0.401 e. The van der Waals surface area contributed by atoms with E-state index in [1.54, 1.807) is 6.20 Å². The van der Waals surface area contributed by atoms with Crippen LogP contribution in [0.2, 0.25) is 0 Å². The molecule has 0 radical (unpaired) electrons. The number of hydrogen-bond acceptors (Lipinski definition) is 4. The molecule has 1 aromatic carbocycles. The largest absolute Gasteiger partial charge is 0.401 e. The van der Waals surface area contributed by atoms with Crippen LogP contribution in [-0.4, -0.2) is 58.5 Å². The molecule has 1 amide bonds. The van der Waals surface area contributed by atoms with Crippen molar-refractivity contribution in [3.63, 3.8) is 0 Å². The number of nitrogens with zero attached hydrogens (tertiary/aromatic N) is 3. The average molecular weight is 462 g/mol. The summed E-state index contributed by atoms with van der Waals surface area (Å²) in [5.74, 6) is 0.912. The number of carbonyl (C=O) groups is 1. The standard InChI is InChI=1S/C24H30F3N5O/c25-24(26,27)15-31-8-6-19(7-9-31)29-22-11-21(22)17-2-1-3-18(10-17)23(33)30-20-12-28-32(14-20)13-16-4-5-16/h1-3,10,12,14,16,19,21-22,29H,4-9,11,13,15H2,(H,30,33)/t21-,22+/m0/s1. The molecule has 2 N–H and O–H groups in total. The van der Waals surface area contributed by atoms with Crippen LogP contribution < -0.4 is 10.6 Å². The van der Waals surface area contributed by atoms with Crippen molar-refractivity contribution in [2.75, 3.05) is 25.0 Å². The number of amides is 1. The molecule has 1 aliphatic heterocycles. The number of aromatic nitrogens is 2. The second-order valence-electron chi connectivity index (χ2n) is 9.75. The van der Waals surface area contributed by atoms with Gasteiger partial charge in [0, 0.05) is 36.3 Å². The second kappa shape index (κ2) is 9.10. The van der Waals surface area contributed by atoms with Crippen molar-refractivity contribution in [1.29, 1.82) is 0 Å². The molecule has 1 aromatic heterocycles. The minimum atomic E-state index is -4.13. The second-order valence-corrected chi connectivity index (χ2v) is 9.75. The van der Waals surface area contributed by atoms with Gasteiger partial charge in [-0.2, -0.15) is 18.3 Å². The van der Waals surface area contributed by atoms with E-state index in [9.17, 15) is 18.0 Å². The number of halogens is 3. The van der Waals surface area contributed by atoms with Gasteiger partial charge in [0.1, 0.15) is 0 Å². The van der Waals surface area contributed by atoms with Gasteiger partial charge in [0.15, 0.2) is 0 Å². The average Bonchev–Trinajstić information content (AvgIpc) is 3.68. The zero-order chi connectivity index (χ0) is 23.0. The van der Waals surface area contributed by atoms with Crippen LogP contribution in [-0.2, 0) is 6.54 Å². The van der Waals surface area contributed by atoms with Crippen LogP contribution in [0.15, 0.2) is 36.7 Å². The lowest BCUT2D eigenvalue weighted by Gasteiger charge is -2.33. The van der Waals surface area contributed by atoms with E-state index in [1.165, 1.54) is 17.7 Å². The third-order valence-electron chi connectivity index (χ3n) is 6.84. The molecule has 1 saturated heterocycles. The van der Waals surface area contributed by atoms with E-state index >= 15 is 0 Å². The predicted octanol–water partition coefficient (Wildman–Crippen LogP) is 4.02. The lowest BCUT2D eigenvalue weighted by molar-refractivity contribution is -0.148. The third kappa shape index (κ3) is 6.14. The fraction of sp³-hybridized carbons (Fsp3) is 0.583. The minimum absolute atomic E-state index is 0.148. The molecule has 2 aromatic rings. The highest BCUT2D eigenvalue weighted by atomic mass is 19.4. The van der Waals surface area contributed by atoms with E-state index in [0.717, 1.165) is 37.3 Å². The highest BCUT2D eigenvalue weighted by Gasteiger charge is 2.40. The molecular weight excluding hydrogens is 431 g/mol. The quantitative estimate of drug-likeness (QED) is 0.624. The van der Waals surface area contributed by atoms with Crippen LogP contribution in [0.3, 0.4) is 0 Å². The van der Waals surface area contributed by atoms with Crippen molar-refractivity contribution < 1.29 is 18.0 Å². The zero-order valence-electron chi connectivity index (χ0n) is 18.5. The van der Waals surface area contributed by atoms with Gasteiger partial charge in [-0.15, -0.1) is 0 Å². The van der Waals surface area contributed by atoms with Crippen molar-refractivity contribution in [1.82, 2.24) is 20.0 Å². The first-order valence-electron chi connectivity index (χ1n) is 11.8. The molecule has 9 heteroatoms. The van der Waals surface area contributed by atoms with Crippen LogP contribution >= 0.6 is 0 Å². The summed E-state index contributed by atoms with van der Waals surface area (Å²) in [6, 6.07) is 8.29. The summed E-state index contributed by atoms with van der Waals surface area (Å²) in [6.07, 6.45) is 4.39. The van der Waals surface area contributed by atoms with Crippen LogP contribution in [0.1, 0.15) is 53.9 Å². The molecule has 2 aliphatic carbocycles. The predicted molar refractivity (Wildman–Crippen MR) is 119 cm³/mol. The van der Waals surface area contributed by atoms with Gasteiger partial charge >= 0.3 is 6.18 Å². The molecule has 3 fully saturated rings. The molecule has 2 saturated carbocycles. The van der Waals surface area contributed by atoms with E-state index < -0.39 is 12.7 Å². The first-order chi connectivity index (χ1) is 15.8. The number of rotatable bonds is 8. The summed E-state index contributed by atoms with van der Waals surface area (Å²) in [7, 11) is 0. The molecule has 2 atom stereocenters. The van der Waals surface area contributed by atoms with Crippen LogP contribution in [0.25, 0.3) is 0 Å². The van der Waals surface area contributed by atoms with Gasteiger partial charge in [-0.05, 0) is 68.8 Å². The van der Waals surface area contributed by atoms with Gasteiger partial charge in [-0.3, -0.25) is 14.4 Å². The summed E-state index contributed by atoms with van der Waals surface area (Å²) < 4.78 is 39.6. The molecule has 178 valence electrons. The Kier molecular flexibility index (Phi) is 6.18. The molecular formula is C24H30F3N5O. The number of alkyl halides is 3. The highest BCUT2D eigenvalue weighted by molar-refractivity contribution is 6.04. The van der Waals surface area contributed by atoms with Crippen molar-refractivity contribution in [2.45, 2.75) is 62.8 Å². The van der Waals surface area contributed by atoms with Crippen molar-refractivity contribution >= 4 is 11.6 Å². The molecule has 5 rings (SSSR count). The Labute approximate surface area is 191 Å². The third-order valence-corrected chi connectivity index (χ3v) is 6.84. The van der Waals surface area contributed by atoms with E-state index in [-0.39, 0.29) is 11.9 Å². The number of anilines is 1. The molecule has 33 heavy (non-hydrogen) atoms. The normalized spacial score (nSPS) is 24.1. The number of hydrogen-bond donors (Lipinski definition) is 2. The van der Waals surface area contributed by atoms with Gasteiger partial charge in [0.2, 0.25) is 0 Å². The van der Waals surface area contributed by atoms with Crippen molar-refractivity contribution in [3.8, 4) is 0 Å². The molecule has 0 bridgehead atoms. The van der Waals surface area contributed by atoms with Gasteiger partial charge in [0.05, 0.1) is 18.4 Å². The Bertz CT molecular complexity index is 978. The van der Waals surface area contributed by atoms with Crippen molar-refractivity contribution in [3.05, 3.63) is 47.8 Å². The zero-order valence-corrected chi connectivity index (χ0v) is 18.5. The maximum atomic E-state index is 12.7. The molecule has 3 aliphatic rings. The Hall–Kier alpha value is -2.39. The lowest BCUT2D eigenvalue weighted by Crippen LogP contribution is -2.46.